The van der Waals surface area contributed by atoms with Crippen LogP contribution in [-0.2, 0) is 24.3 Å². The van der Waals surface area contributed by atoms with Gasteiger partial charge in [0.05, 0.1) is 31.5 Å². The number of aromatic nitrogens is 2. The van der Waals surface area contributed by atoms with E-state index in [2.05, 4.69) is 4.98 Å². The third kappa shape index (κ3) is 4.82. The van der Waals surface area contributed by atoms with Crippen molar-refractivity contribution in [3.05, 3.63) is 101 Å². The molecule has 8 heteroatoms. The van der Waals surface area contributed by atoms with E-state index in [1.54, 1.807) is 22.3 Å². The summed E-state index contributed by atoms with van der Waals surface area (Å²) in [6.07, 6.45) is 4.03. The first-order valence-corrected chi connectivity index (χ1v) is 10.0. The molecule has 4 rings (SSSR count). The Bertz CT molecular complexity index is 1240. The number of hydrogen-bond acceptors (Lipinski definition) is 4. The van der Waals surface area contributed by atoms with Crippen molar-refractivity contribution in [2.24, 2.45) is 0 Å². The Hall–Kier alpha value is -3.62. The Balaban J connectivity index is 1.59. The Morgan fingerprint density at radius 2 is 1.91 bits per heavy atom. The molecule has 0 atom stereocenters. The highest BCUT2D eigenvalue weighted by Gasteiger charge is 2.15. The molecule has 2 N–H and O–H groups in total. The number of carbonyl (C=O) groups is 1. The average Bonchev–Trinajstić information content (AvgIpc) is 3.15. The van der Waals surface area contributed by atoms with Gasteiger partial charge in [0.2, 0.25) is 0 Å². The van der Waals surface area contributed by atoms with Crippen LogP contribution in [0.5, 0.6) is 0 Å². The molecule has 2 aromatic carbocycles. The van der Waals surface area contributed by atoms with Gasteiger partial charge in [-0.3, -0.25) is 10.0 Å². The van der Waals surface area contributed by atoms with Gasteiger partial charge in [-0.2, -0.15) is 0 Å². The quantitative estimate of drug-likeness (QED) is 0.246. The summed E-state index contributed by atoms with van der Waals surface area (Å²) in [6, 6.07) is 14.9. The molecular weight excluding hydrogens is 416 g/mol. The molecule has 32 heavy (non-hydrogen) atoms. The van der Waals surface area contributed by atoms with Crippen molar-refractivity contribution in [1.29, 1.82) is 0 Å². The number of hydrogen-bond donors (Lipinski definition) is 2. The molecular formula is C24H21F2N3O3. The molecule has 6 nitrogen and oxygen atoms in total. The highest BCUT2D eigenvalue weighted by molar-refractivity contribution is 5.96. The summed E-state index contributed by atoms with van der Waals surface area (Å²) >= 11 is 0. The number of carbonyl (C=O) groups excluding carboxylic acids is 1. The summed E-state index contributed by atoms with van der Waals surface area (Å²) in [5, 5.41) is 9.62. The number of benzene rings is 2. The molecule has 4 aromatic rings. The Morgan fingerprint density at radius 3 is 2.66 bits per heavy atom. The van der Waals surface area contributed by atoms with Crippen molar-refractivity contribution in [3.8, 4) is 0 Å². The van der Waals surface area contributed by atoms with E-state index in [-0.39, 0.29) is 18.8 Å². The van der Waals surface area contributed by atoms with Crippen molar-refractivity contribution in [3.63, 3.8) is 0 Å². The van der Waals surface area contributed by atoms with Gasteiger partial charge in [0, 0.05) is 28.8 Å². The molecule has 0 bridgehead atoms. The second kappa shape index (κ2) is 9.67. The maximum atomic E-state index is 14.2. The van der Waals surface area contributed by atoms with E-state index in [0.717, 1.165) is 23.6 Å². The first-order valence-electron chi connectivity index (χ1n) is 10.0. The first-order chi connectivity index (χ1) is 15.5. The lowest BCUT2D eigenvalue weighted by Gasteiger charge is -2.07. The van der Waals surface area contributed by atoms with Crippen molar-refractivity contribution in [2.75, 3.05) is 6.61 Å². The lowest BCUT2D eigenvalue weighted by molar-refractivity contribution is 0.0701. The van der Waals surface area contributed by atoms with E-state index in [1.165, 1.54) is 18.3 Å². The van der Waals surface area contributed by atoms with Crippen LogP contribution in [0.15, 0.2) is 67.0 Å². The number of ether oxygens (including phenoxy) is 1. The molecule has 1 amide bonds. The topological polar surface area (TPSA) is 76.4 Å². The van der Waals surface area contributed by atoms with Gasteiger partial charge in [-0.25, -0.2) is 19.2 Å². The molecule has 0 aliphatic rings. The van der Waals surface area contributed by atoms with Crippen LogP contribution >= 0.6 is 0 Å². The van der Waals surface area contributed by atoms with Gasteiger partial charge in [0.15, 0.2) is 0 Å². The lowest BCUT2D eigenvalue weighted by atomic mass is 10.1. The summed E-state index contributed by atoms with van der Waals surface area (Å²) in [4.78, 5) is 15.9. The molecule has 164 valence electrons. The Labute approximate surface area is 183 Å². The number of hydroxylamine groups is 1. The minimum atomic E-state index is -0.736. The summed E-state index contributed by atoms with van der Waals surface area (Å²) in [5.41, 5.74) is 4.53. The van der Waals surface area contributed by atoms with E-state index in [9.17, 15) is 13.6 Å². The van der Waals surface area contributed by atoms with Crippen molar-refractivity contribution >= 4 is 16.8 Å². The van der Waals surface area contributed by atoms with Crippen LogP contribution in [0.4, 0.5) is 8.78 Å². The van der Waals surface area contributed by atoms with E-state index in [1.807, 2.05) is 30.3 Å². The van der Waals surface area contributed by atoms with Crippen LogP contribution in [0.2, 0.25) is 0 Å². The number of amides is 1. The van der Waals surface area contributed by atoms with Crippen LogP contribution in [0.25, 0.3) is 10.9 Å². The fraction of sp³-hybridized carbons (Fsp3) is 0.167. The molecule has 0 fully saturated rings. The second-order valence-corrected chi connectivity index (χ2v) is 7.33. The molecule has 0 saturated carbocycles. The highest BCUT2D eigenvalue weighted by Crippen LogP contribution is 2.24. The number of rotatable bonds is 8. The maximum absolute atomic E-state index is 14.2. The SMILES string of the molecule is O=C(NO)c1cc2c(COCCc3ccccc3)cn(Cc3ccc(F)cc3F)c2cn1. The van der Waals surface area contributed by atoms with Gasteiger partial charge in [-0.1, -0.05) is 36.4 Å². The number of nitrogens with zero attached hydrogens (tertiary/aromatic N) is 2. The van der Waals surface area contributed by atoms with Gasteiger partial charge in [0.25, 0.3) is 5.91 Å². The van der Waals surface area contributed by atoms with Crippen LogP contribution < -0.4 is 5.48 Å². The monoisotopic (exact) mass is 437 g/mol. The second-order valence-electron chi connectivity index (χ2n) is 7.33. The van der Waals surface area contributed by atoms with Gasteiger partial charge in [0.1, 0.15) is 17.3 Å². The zero-order valence-electron chi connectivity index (χ0n) is 17.1. The average molecular weight is 437 g/mol. The van der Waals surface area contributed by atoms with E-state index in [4.69, 9.17) is 9.94 Å². The van der Waals surface area contributed by atoms with E-state index in [0.29, 0.717) is 23.1 Å². The maximum Gasteiger partial charge on any atom is 0.293 e. The van der Waals surface area contributed by atoms with Crippen molar-refractivity contribution in [1.82, 2.24) is 15.0 Å². The number of fused-ring (bicyclic) bond motifs is 1. The zero-order valence-corrected chi connectivity index (χ0v) is 17.1. The number of halogens is 2. The predicted molar refractivity (Wildman–Crippen MR) is 114 cm³/mol. The molecule has 2 aromatic heterocycles. The number of pyridine rings is 1. The molecule has 0 unspecified atom stereocenters. The molecule has 0 radical (unpaired) electrons. The summed E-state index contributed by atoms with van der Waals surface area (Å²) in [5.74, 6) is -2.02. The fourth-order valence-electron chi connectivity index (χ4n) is 3.54. The van der Waals surface area contributed by atoms with Gasteiger partial charge in [-0.05, 0) is 24.1 Å². The number of nitrogens with one attached hydrogen (secondary N) is 1. The molecule has 2 heterocycles. The summed E-state index contributed by atoms with van der Waals surface area (Å²) in [7, 11) is 0. The fourth-order valence-corrected chi connectivity index (χ4v) is 3.54. The van der Waals surface area contributed by atoms with Crippen molar-refractivity contribution in [2.45, 2.75) is 19.6 Å². The van der Waals surface area contributed by atoms with Crippen LogP contribution in [0, 0.1) is 11.6 Å². The highest BCUT2D eigenvalue weighted by atomic mass is 19.1. The minimum absolute atomic E-state index is 0.0382. The Kier molecular flexibility index (Phi) is 6.53. The lowest BCUT2D eigenvalue weighted by Crippen LogP contribution is -2.19. The smallest absolute Gasteiger partial charge is 0.293 e. The van der Waals surface area contributed by atoms with E-state index >= 15 is 0 Å². The van der Waals surface area contributed by atoms with Gasteiger partial charge < -0.3 is 9.30 Å². The third-order valence-corrected chi connectivity index (χ3v) is 5.18. The molecule has 0 aliphatic carbocycles. The van der Waals surface area contributed by atoms with Gasteiger partial charge >= 0.3 is 0 Å². The van der Waals surface area contributed by atoms with Gasteiger partial charge in [-0.15, -0.1) is 0 Å². The standard InChI is InChI=1S/C24H21F2N3O3/c25-19-7-6-17(21(26)10-19)13-29-14-18(15-32-9-8-16-4-2-1-3-5-16)20-11-22(24(30)28-31)27-12-23(20)29/h1-7,10-12,14,31H,8-9,13,15H2,(H,28,30). The normalized spacial score (nSPS) is 11.1. The molecule has 0 aliphatic heterocycles. The zero-order chi connectivity index (χ0) is 22.5. The van der Waals surface area contributed by atoms with Crippen LogP contribution in [0.3, 0.4) is 0 Å². The predicted octanol–water partition coefficient (Wildman–Crippen LogP) is 4.24. The minimum Gasteiger partial charge on any atom is -0.376 e. The van der Waals surface area contributed by atoms with Crippen molar-refractivity contribution < 1.29 is 23.5 Å². The summed E-state index contributed by atoms with van der Waals surface area (Å²) < 4.78 is 35.1. The first kappa shape index (κ1) is 21.6. The molecule has 0 spiro atoms. The van der Waals surface area contributed by atoms with E-state index < -0.39 is 17.5 Å². The van der Waals surface area contributed by atoms with Crippen LogP contribution in [-0.4, -0.2) is 27.3 Å². The Morgan fingerprint density at radius 1 is 1.09 bits per heavy atom. The summed E-state index contributed by atoms with van der Waals surface area (Å²) in [6.45, 7) is 0.921. The largest absolute Gasteiger partial charge is 0.376 e. The molecule has 0 saturated heterocycles. The third-order valence-electron chi connectivity index (χ3n) is 5.18. The van der Waals surface area contributed by atoms with Crippen LogP contribution in [0.1, 0.15) is 27.2 Å².